The molecule has 5 nitrogen and oxygen atoms in total. The first-order valence-corrected chi connectivity index (χ1v) is 8.13. The molecule has 0 aliphatic heterocycles. The number of furan rings is 1. The second kappa shape index (κ2) is 6.15. The van der Waals surface area contributed by atoms with Crippen LogP contribution in [0.4, 0.5) is 5.13 Å². The molecule has 0 aliphatic carbocycles. The number of unbranched alkanes of at least 4 members (excludes halogenated alkanes) is 1. The van der Waals surface area contributed by atoms with Gasteiger partial charge in [0.1, 0.15) is 5.69 Å². The second-order valence-electron chi connectivity index (χ2n) is 4.21. The van der Waals surface area contributed by atoms with Crippen LogP contribution in [-0.4, -0.2) is 21.7 Å². The molecule has 3 rings (SSSR count). The van der Waals surface area contributed by atoms with Crippen molar-refractivity contribution in [3.8, 4) is 21.5 Å². The number of hydrogen-bond donors (Lipinski definition) is 1. The summed E-state index contributed by atoms with van der Waals surface area (Å²) in [5, 5.41) is 16.1. The molecule has 0 aromatic carbocycles. The quantitative estimate of drug-likeness (QED) is 0.694. The van der Waals surface area contributed by atoms with Crippen LogP contribution >= 0.6 is 22.7 Å². The van der Waals surface area contributed by atoms with E-state index < -0.39 is 0 Å². The molecule has 0 saturated carbocycles. The summed E-state index contributed by atoms with van der Waals surface area (Å²) < 4.78 is 5.34. The minimum atomic E-state index is 0.784. The van der Waals surface area contributed by atoms with Crippen molar-refractivity contribution in [2.45, 2.75) is 19.8 Å². The summed E-state index contributed by atoms with van der Waals surface area (Å²) in [5.74, 6) is 0.784. The summed E-state index contributed by atoms with van der Waals surface area (Å²) in [6.07, 6.45) is 3.95. The van der Waals surface area contributed by atoms with Gasteiger partial charge in [-0.3, -0.25) is 0 Å². The number of thiazole rings is 1. The highest BCUT2D eigenvalue weighted by molar-refractivity contribution is 7.19. The topological polar surface area (TPSA) is 63.8 Å². The molecule has 0 fully saturated rings. The Morgan fingerprint density at radius 1 is 1.30 bits per heavy atom. The number of hydrogen-bond acceptors (Lipinski definition) is 7. The number of nitrogens with zero attached hydrogens (tertiary/aromatic N) is 3. The summed E-state index contributed by atoms with van der Waals surface area (Å²) in [6.45, 7) is 3.10. The van der Waals surface area contributed by atoms with Crippen molar-refractivity contribution in [1.29, 1.82) is 0 Å². The van der Waals surface area contributed by atoms with Crippen molar-refractivity contribution in [3.05, 3.63) is 23.8 Å². The van der Waals surface area contributed by atoms with Gasteiger partial charge in [0.15, 0.2) is 15.8 Å². The maximum absolute atomic E-state index is 5.34. The Morgan fingerprint density at radius 3 is 3.05 bits per heavy atom. The molecule has 0 saturated heterocycles. The van der Waals surface area contributed by atoms with Gasteiger partial charge in [-0.1, -0.05) is 24.7 Å². The molecule has 0 radical (unpaired) electrons. The number of nitrogens with one attached hydrogen (secondary N) is 1. The number of rotatable bonds is 6. The fourth-order valence-electron chi connectivity index (χ4n) is 1.66. The van der Waals surface area contributed by atoms with Gasteiger partial charge in [-0.15, -0.1) is 21.5 Å². The highest BCUT2D eigenvalue weighted by atomic mass is 32.1. The van der Waals surface area contributed by atoms with Crippen molar-refractivity contribution in [3.63, 3.8) is 0 Å². The summed E-state index contributed by atoms with van der Waals surface area (Å²) in [6, 6.07) is 3.76. The maximum Gasteiger partial charge on any atom is 0.206 e. The lowest BCUT2D eigenvalue weighted by Gasteiger charge is -1.97. The summed E-state index contributed by atoms with van der Waals surface area (Å²) >= 11 is 3.07. The average molecular weight is 306 g/mol. The van der Waals surface area contributed by atoms with E-state index in [0.717, 1.165) is 46.0 Å². The zero-order valence-corrected chi connectivity index (χ0v) is 12.6. The second-order valence-corrected chi connectivity index (χ2v) is 6.04. The first kappa shape index (κ1) is 13.3. The Hall–Kier alpha value is -1.73. The average Bonchev–Trinajstić information content (AvgIpc) is 3.19. The summed E-state index contributed by atoms with van der Waals surface area (Å²) in [4.78, 5) is 4.54. The smallest absolute Gasteiger partial charge is 0.206 e. The zero-order chi connectivity index (χ0) is 13.8. The molecule has 0 spiro atoms. The molecule has 3 heterocycles. The van der Waals surface area contributed by atoms with Crippen LogP contribution in [-0.2, 0) is 0 Å². The fourth-order valence-corrected chi connectivity index (χ4v) is 3.23. The maximum atomic E-state index is 5.34. The van der Waals surface area contributed by atoms with Crippen LogP contribution in [0.5, 0.6) is 0 Å². The van der Waals surface area contributed by atoms with Crippen LogP contribution < -0.4 is 5.32 Å². The van der Waals surface area contributed by atoms with Gasteiger partial charge in [0.2, 0.25) is 5.13 Å². The van der Waals surface area contributed by atoms with Crippen LogP contribution in [0.1, 0.15) is 19.8 Å². The van der Waals surface area contributed by atoms with Gasteiger partial charge in [-0.05, 0) is 18.6 Å². The lowest BCUT2D eigenvalue weighted by Crippen LogP contribution is -1.99. The van der Waals surface area contributed by atoms with E-state index >= 15 is 0 Å². The monoisotopic (exact) mass is 306 g/mol. The highest BCUT2D eigenvalue weighted by Gasteiger charge is 2.12. The molecule has 1 N–H and O–H groups in total. The van der Waals surface area contributed by atoms with E-state index in [2.05, 4.69) is 27.4 Å². The Morgan fingerprint density at radius 2 is 2.25 bits per heavy atom. The Kier molecular flexibility index (Phi) is 4.08. The summed E-state index contributed by atoms with van der Waals surface area (Å²) in [7, 11) is 0. The van der Waals surface area contributed by atoms with Gasteiger partial charge in [0, 0.05) is 11.9 Å². The molecule has 0 amide bonds. The predicted octanol–water partition coefficient (Wildman–Crippen LogP) is 4.13. The first-order valence-electron chi connectivity index (χ1n) is 6.44. The number of aromatic nitrogens is 3. The largest absolute Gasteiger partial charge is 0.462 e. The van der Waals surface area contributed by atoms with Crippen LogP contribution in [0.25, 0.3) is 21.5 Å². The summed E-state index contributed by atoms with van der Waals surface area (Å²) in [5.41, 5.74) is 0.849. The standard InChI is InChI=1S/C13H14N4OS2/c1-2-3-6-14-13-17-16-11(20-13)9-8-19-12(15-9)10-5-4-7-18-10/h4-5,7-8H,2-3,6H2,1H3,(H,14,17). The van der Waals surface area contributed by atoms with Crippen molar-refractivity contribution in [1.82, 2.24) is 15.2 Å². The lowest BCUT2D eigenvalue weighted by atomic mass is 10.3. The molecule has 3 aromatic rings. The molecular formula is C13H14N4OS2. The van der Waals surface area contributed by atoms with E-state index in [9.17, 15) is 0 Å². The van der Waals surface area contributed by atoms with Crippen LogP contribution in [0.3, 0.4) is 0 Å². The van der Waals surface area contributed by atoms with Crippen LogP contribution in [0.15, 0.2) is 28.2 Å². The van der Waals surface area contributed by atoms with E-state index in [1.807, 2.05) is 17.5 Å². The van der Waals surface area contributed by atoms with Crippen molar-refractivity contribution < 1.29 is 4.42 Å². The minimum Gasteiger partial charge on any atom is -0.462 e. The molecule has 0 aliphatic rings. The first-order chi connectivity index (χ1) is 9.86. The molecule has 3 aromatic heterocycles. The Bertz CT molecular complexity index is 660. The molecular weight excluding hydrogens is 292 g/mol. The van der Waals surface area contributed by atoms with Gasteiger partial charge in [0.05, 0.1) is 6.26 Å². The predicted molar refractivity (Wildman–Crippen MR) is 82.1 cm³/mol. The fraction of sp³-hybridized carbons (Fsp3) is 0.308. The Labute approximate surface area is 124 Å². The van der Waals surface area contributed by atoms with Crippen LogP contribution in [0.2, 0.25) is 0 Å². The van der Waals surface area contributed by atoms with E-state index in [1.165, 1.54) is 11.3 Å². The highest BCUT2D eigenvalue weighted by Crippen LogP contribution is 2.31. The minimum absolute atomic E-state index is 0.784. The molecule has 0 bridgehead atoms. The van der Waals surface area contributed by atoms with Crippen molar-refractivity contribution in [2.24, 2.45) is 0 Å². The molecule has 7 heteroatoms. The molecule has 20 heavy (non-hydrogen) atoms. The van der Waals surface area contributed by atoms with E-state index in [-0.39, 0.29) is 0 Å². The Balaban J connectivity index is 1.73. The van der Waals surface area contributed by atoms with Crippen molar-refractivity contribution in [2.75, 3.05) is 11.9 Å². The molecule has 104 valence electrons. The van der Waals surface area contributed by atoms with Crippen molar-refractivity contribution >= 4 is 27.8 Å². The van der Waals surface area contributed by atoms with E-state index in [4.69, 9.17) is 4.42 Å². The third-order valence-corrected chi connectivity index (χ3v) is 4.45. The van der Waals surface area contributed by atoms with E-state index in [0.29, 0.717) is 0 Å². The van der Waals surface area contributed by atoms with Gasteiger partial charge in [-0.2, -0.15) is 0 Å². The third kappa shape index (κ3) is 2.88. The SMILES string of the molecule is CCCCNc1nnc(-c2csc(-c3ccco3)n2)s1. The molecule has 0 unspecified atom stereocenters. The number of anilines is 1. The van der Waals surface area contributed by atoms with Gasteiger partial charge in [0.25, 0.3) is 0 Å². The van der Waals surface area contributed by atoms with Gasteiger partial charge in [-0.25, -0.2) is 4.98 Å². The van der Waals surface area contributed by atoms with Gasteiger partial charge >= 0.3 is 0 Å². The molecule has 0 atom stereocenters. The zero-order valence-electron chi connectivity index (χ0n) is 11.0. The van der Waals surface area contributed by atoms with E-state index in [1.54, 1.807) is 17.6 Å². The normalized spacial score (nSPS) is 10.8. The third-order valence-electron chi connectivity index (χ3n) is 2.69. The van der Waals surface area contributed by atoms with Gasteiger partial charge < -0.3 is 9.73 Å². The van der Waals surface area contributed by atoms with Crippen LogP contribution in [0, 0.1) is 0 Å². The lowest BCUT2D eigenvalue weighted by molar-refractivity contribution is 0.582.